The van der Waals surface area contributed by atoms with E-state index in [4.69, 9.17) is 10.8 Å². The molecule has 7 nitrogen and oxygen atoms in total. The topological polar surface area (TPSA) is 123 Å². The summed E-state index contributed by atoms with van der Waals surface area (Å²) in [6.07, 6.45) is 0. The Hall–Kier alpha value is -2.31. The molecule has 86 valence electrons. The molecule has 0 aliphatic rings. The van der Waals surface area contributed by atoms with E-state index in [-0.39, 0.29) is 11.1 Å². The van der Waals surface area contributed by atoms with Gasteiger partial charge in [-0.15, -0.1) is 0 Å². The third-order valence-corrected chi connectivity index (χ3v) is 2.02. The van der Waals surface area contributed by atoms with Gasteiger partial charge in [-0.3, -0.25) is 19.0 Å². The lowest BCUT2D eigenvalue weighted by molar-refractivity contribution is -0.137. The first-order valence-electron chi connectivity index (χ1n) is 4.29. The van der Waals surface area contributed by atoms with Crippen molar-refractivity contribution in [3.63, 3.8) is 0 Å². The van der Waals surface area contributed by atoms with Crippen molar-refractivity contribution in [2.75, 3.05) is 0 Å². The van der Waals surface area contributed by atoms with Gasteiger partial charge in [-0.1, -0.05) is 0 Å². The van der Waals surface area contributed by atoms with Crippen LogP contribution in [0, 0.1) is 6.92 Å². The van der Waals surface area contributed by atoms with Gasteiger partial charge in [0.1, 0.15) is 12.1 Å². The summed E-state index contributed by atoms with van der Waals surface area (Å²) in [6.45, 7) is 0.692. The number of rotatable bonds is 3. The highest BCUT2D eigenvalue weighted by Crippen LogP contribution is 2.17. The molecule has 1 amide bonds. The van der Waals surface area contributed by atoms with Crippen LogP contribution in [0.1, 0.15) is 15.9 Å². The molecular weight excluding hydrogens is 216 g/mol. The first kappa shape index (κ1) is 11.8. The Morgan fingerprint density at radius 3 is 2.50 bits per heavy atom. The molecule has 0 aliphatic heterocycles. The van der Waals surface area contributed by atoms with E-state index in [2.05, 4.69) is 0 Å². The smallest absolute Gasteiger partial charge is 0.323 e. The van der Waals surface area contributed by atoms with Crippen molar-refractivity contribution in [2.24, 2.45) is 5.73 Å². The van der Waals surface area contributed by atoms with Crippen LogP contribution in [0.2, 0.25) is 0 Å². The predicted molar refractivity (Wildman–Crippen MR) is 53.3 cm³/mol. The van der Waals surface area contributed by atoms with Crippen LogP contribution >= 0.6 is 0 Å². The number of nitrogens with two attached hydrogens (primary N) is 1. The molecule has 0 atom stereocenters. The van der Waals surface area contributed by atoms with Crippen molar-refractivity contribution in [1.82, 2.24) is 4.57 Å². The largest absolute Gasteiger partial charge is 0.494 e. The number of aryl methyl sites for hydroxylation is 1. The zero-order valence-electron chi connectivity index (χ0n) is 8.43. The van der Waals surface area contributed by atoms with Gasteiger partial charge in [0, 0.05) is 6.07 Å². The maximum Gasteiger partial charge on any atom is 0.323 e. The lowest BCUT2D eigenvalue weighted by Crippen LogP contribution is -2.27. The third-order valence-electron chi connectivity index (χ3n) is 2.02. The highest BCUT2D eigenvalue weighted by atomic mass is 16.4. The molecule has 0 radical (unpaired) electrons. The number of aromatic hydroxyl groups is 1. The van der Waals surface area contributed by atoms with Gasteiger partial charge in [0.05, 0.1) is 0 Å². The van der Waals surface area contributed by atoms with Gasteiger partial charge < -0.3 is 15.9 Å². The number of carbonyl (C=O) groups excluding carboxylic acids is 1. The SMILES string of the molecule is Cc1cc(=O)n(CC(=O)O)c(O)c1C(N)=O. The zero-order chi connectivity index (χ0) is 12.5. The normalized spacial score (nSPS) is 10.1. The molecule has 1 rings (SSSR count). The number of carboxylic acid groups (broad SMARTS) is 1. The van der Waals surface area contributed by atoms with E-state index in [0.717, 1.165) is 6.07 Å². The zero-order valence-corrected chi connectivity index (χ0v) is 8.43. The monoisotopic (exact) mass is 226 g/mol. The van der Waals surface area contributed by atoms with Gasteiger partial charge in [-0.05, 0) is 12.5 Å². The van der Waals surface area contributed by atoms with Crippen LogP contribution in [0.3, 0.4) is 0 Å². The summed E-state index contributed by atoms with van der Waals surface area (Å²) in [4.78, 5) is 32.8. The first-order chi connectivity index (χ1) is 7.34. The van der Waals surface area contributed by atoms with Gasteiger partial charge in [0.2, 0.25) is 5.88 Å². The number of aromatic nitrogens is 1. The second-order valence-corrected chi connectivity index (χ2v) is 3.21. The second kappa shape index (κ2) is 4.05. The molecule has 16 heavy (non-hydrogen) atoms. The number of hydrogen-bond acceptors (Lipinski definition) is 4. The van der Waals surface area contributed by atoms with E-state index < -0.39 is 29.9 Å². The highest BCUT2D eigenvalue weighted by Gasteiger charge is 2.18. The molecule has 0 aliphatic carbocycles. The Labute approximate surface area is 89.7 Å². The molecule has 0 saturated carbocycles. The average molecular weight is 226 g/mol. The van der Waals surface area contributed by atoms with Gasteiger partial charge >= 0.3 is 5.97 Å². The molecule has 0 spiro atoms. The van der Waals surface area contributed by atoms with Gasteiger partial charge in [0.25, 0.3) is 11.5 Å². The van der Waals surface area contributed by atoms with Crippen molar-refractivity contribution in [3.8, 4) is 5.88 Å². The summed E-state index contributed by atoms with van der Waals surface area (Å²) in [5.74, 6) is -2.95. The molecule has 4 N–H and O–H groups in total. The van der Waals surface area contributed by atoms with E-state index in [1.807, 2.05) is 0 Å². The quantitative estimate of drug-likeness (QED) is 0.612. The van der Waals surface area contributed by atoms with Crippen molar-refractivity contribution < 1.29 is 19.8 Å². The van der Waals surface area contributed by atoms with Crippen molar-refractivity contribution in [1.29, 1.82) is 0 Å². The minimum Gasteiger partial charge on any atom is -0.494 e. The summed E-state index contributed by atoms with van der Waals surface area (Å²) >= 11 is 0. The predicted octanol–water partition coefficient (Wildman–Crippen LogP) is -0.954. The average Bonchev–Trinajstić information content (AvgIpc) is 2.10. The van der Waals surface area contributed by atoms with Gasteiger partial charge in [-0.25, -0.2) is 0 Å². The molecule has 0 saturated heterocycles. The summed E-state index contributed by atoms with van der Waals surface area (Å²) in [5, 5.41) is 18.1. The number of amides is 1. The number of primary amides is 1. The van der Waals surface area contributed by atoms with E-state index in [1.54, 1.807) is 0 Å². The van der Waals surface area contributed by atoms with E-state index in [0.29, 0.717) is 4.57 Å². The number of nitrogens with zero attached hydrogens (tertiary/aromatic N) is 1. The lowest BCUT2D eigenvalue weighted by Gasteiger charge is -2.10. The Morgan fingerprint density at radius 1 is 1.50 bits per heavy atom. The molecule has 0 aromatic carbocycles. The van der Waals surface area contributed by atoms with Crippen LogP contribution in [0.25, 0.3) is 0 Å². The van der Waals surface area contributed by atoms with E-state index >= 15 is 0 Å². The van der Waals surface area contributed by atoms with Crippen LogP contribution in [0.4, 0.5) is 0 Å². The molecule has 0 unspecified atom stereocenters. The number of pyridine rings is 1. The van der Waals surface area contributed by atoms with Gasteiger partial charge in [-0.2, -0.15) is 0 Å². The summed E-state index contributed by atoms with van der Waals surface area (Å²) in [7, 11) is 0. The summed E-state index contributed by atoms with van der Waals surface area (Å²) in [5.41, 5.74) is 4.25. The maximum absolute atomic E-state index is 11.4. The molecular formula is C9H10N2O5. The molecule has 0 fully saturated rings. The summed E-state index contributed by atoms with van der Waals surface area (Å²) in [6, 6.07) is 1.04. The minimum atomic E-state index is -1.31. The van der Waals surface area contributed by atoms with E-state index in [1.165, 1.54) is 6.92 Å². The summed E-state index contributed by atoms with van der Waals surface area (Å²) < 4.78 is 0.565. The number of hydrogen-bond donors (Lipinski definition) is 3. The standard InChI is InChI=1S/C9H10N2O5/c1-4-2-5(12)11(3-6(13)14)9(16)7(4)8(10)15/h2,16H,3H2,1H3,(H2,10,15)(H,13,14). The fraction of sp³-hybridized carbons (Fsp3) is 0.222. The fourth-order valence-electron chi connectivity index (χ4n) is 1.34. The van der Waals surface area contributed by atoms with Crippen molar-refractivity contribution in [3.05, 3.63) is 27.5 Å². The Kier molecular flexibility index (Phi) is 2.98. The van der Waals surface area contributed by atoms with E-state index in [9.17, 15) is 19.5 Å². The fourth-order valence-corrected chi connectivity index (χ4v) is 1.34. The molecule has 1 heterocycles. The highest BCUT2D eigenvalue weighted by molar-refractivity contribution is 5.96. The van der Waals surface area contributed by atoms with Crippen molar-refractivity contribution in [2.45, 2.75) is 13.5 Å². The first-order valence-corrected chi connectivity index (χ1v) is 4.29. The van der Waals surface area contributed by atoms with Crippen LogP contribution in [-0.4, -0.2) is 26.7 Å². The van der Waals surface area contributed by atoms with Crippen LogP contribution in [0.5, 0.6) is 5.88 Å². The molecule has 7 heteroatoms. The second-order valence-electron chi connectivity index (χ2n) is 3.21. The Morgan fingerprint density at radius 2 is 2.06 bits per heavy atom. The van der Waals surface area contributed by atoms with Gasteiger partial charge in [0.15, 0.2) is 0 Å². The lowest BCUT2D eigenvalue weighted by atomic mass is 10.1. The van der Waals surface area contributed by atoms with Crippen LogP contribution < -0.4 is 11.3 Å². The van der Waals surface area contributed by atoms with Crippen LogP contribution in [0.15, 0.2) is 10.9 Å². The minimum absolute atomic E-state index is 0.205. The number of carboxylic acids is 1. The molecule has 0 bridgehead atoms. The number of aliphatic carboxylic acids is 1. The van der Waals surface area contributed by atoms with Crippen molar-refractivity contribution >= 4 is 11.9 Å². The Bertz CT molecular complexity index is 517. The Balaban J connectivity index is 3.51. The third kappa shape index (κ3) is 2.02. The molecule has 1 aromatic heterocycles. The number of carbonyl (C=O) groups is 2. The maximum atomic E-state index is 11.4. The van der Waals surface area contributed by atoms with Crippen LogP contribution in [-0.2, 0) is 11.3 Å². The molecule has 1 aromatic rings.